The Kier molecular flexibility index (Phi) is 6.53. The zero-order chi connectivity index (χ0) is 22.9. The Morgan fingerprint density at radius 3 is 2.47 bits per heavy atom. The average Bonchev–Trinajstić information content (AvgIpc) is 3.39. The lowest BCUT2D eigenvalue weighted by Crippen LogP contribution is -2.52. The van der Waals surface area contributed by atoms with Crippen LogP contribution in [0.2, 0.25) is 0 Å². The molecule has 2 saturated heterocycles. The van der Waals surface area contributed by atoms with Gasteiger partial charge in [-0.3, -0.25) is 4.79 Å². The Morgan fingerprint density at radius 2 is 1.81 bits per heavy atom. The highest BCUT2D eigenvalue weighted by molar-refractivity contribution is 7.95. The highest BCUT2D eigenvalue weighted by atomic mass is 32.2. The van der Waals surface area contributed by atoms with Gasteiger partial charge in [-0.25, -0.2) is 21.2 Å². The number of thiophene rings is 1. The lowest BCUT2D eigenvalue weighted by molar-refractivity contribution is -0.127. The summed E-state index contributed by atoms with van der Waals surface area (Å²) in [6, 6.07) is 10.1. The van der Waals surface area contributed by atoms with Crippen molar-refractivity contribution in [3.63, 3.8) is 0 Å². The fraction of sp³-hybridized carbons (Fsp3) is 0.381. The summed E-state index contributed by atoms with van der Waals surface area (Å²) in [6.07, 6.45) is 3.23. The van der Waals surface area contributed by atoms with E-state index in [4.69, 9.17) is 0 Å². The Balaban J connectivity index is 1.34. The Bertz CT molecular complexity index is 1250. The van der Waals surface area contributed by atoms with Gasteiger partial charge in [0.25, 0.3) is 0 Å². The van der Waals surface area contributed by atoms with Crippen LogP contribution in [-0.4, -0.2) is 74.9 Å². The molecule has 0 saturated carbocycles. The molecular weight excluding hydrogens is 475 g/mol. The van der Waals surface area contributed by atoms with Crippen molar-refractivity contribution in [1.82, 2.24) is 9.21 Å². The number of rotatable bonds is 5. The summed E-state index contributed by atoms with van der Waals surface area (Å²) in [5, 5.41) is -0.892. The van der Waals surface area contributed by atoms with Crippen molar-refractivity contribution in [2.45, 2.75) is 11.7 Å². The number of sulfonamides is 1. The van der Waals surface area contributed by atoms with Gasteiger partial charge in [-0.15, -0.1) is 11.3 Å². The van der Waals surface area contributed by atoms with Crippen LogP contribution < -0.4 is 0 Å². The fourth-order valence-electron chi connectivity index (χ4n) is 3.88. The third kappa shape index (κ3) is 4.95. The zero-order valence-corrected chi connectivity index (χ0v) is 19.6. The lowest BCUT2D eigenvalue weighted by Gasteiger charge is -2.34. The second-order valence-corrected chi connectivity index (χ2v) is 13.4. The Hall–Kier alpha value is -2.08. The lowest BCUT2D eigenvalue weighted by atomic mass is 10.2. The Labute approximate surface area is 191 Å². The highest BCUT2D eigenvalue weighted by Gasteiger charge is 2.41. The number of hydrogen-bond donors (Lipinski definition) is 0. The van der Waals surface area contributed by atoms with E-state index in [9.17, 15) is 26.0 Å². The van der Waals surface area contributed by atoms with Gasteiger partial charge in [-0.2, -0.15) is 4.31 Å². The molecule has 1 unspecified atom stereocenters. The van der Waals surface area contributed by atoms with Gasteiger partial charge in [-0.05, 0) is 30.7 Å². The standard InChI is InChI=1S/C21H23FN2O5S3/c22-19-4-2-1-3-18(19)20-7-5-16(30-20)6-8-21(25)23-10-12-24(13-11-23)32(28,29)17-9-14-31(26,27)15-17/h1-8,17H,9-15H2/b8-6+. The molecule has 2 aliphatic rings. The maximum atomic E-state index is 13.9. The fourth-order valence-corrected chi connectivity index (χ4v) is 9.33. The molecule has 0 radical (unpaired) electrons. The van der Waals surface area contributed by atoms with Gasteiger partial charge in [0.1, 0.15) is 5.82 Å². The van der Waals surface area contributed by atoms with Crippen LogP contribution in [-0.2, 0) is 24.7 Å². The molecule has 2 aliphatic heterocycles. The summed E-state index contributed by atoms with van der Waals surface area (Å²) in [5.41, 5.74) is 0.510. The van der Waals surface area contributed by atoms with Crippen molar-refractivity contribution in [2.24, 2.45) is 0 Å². The summed E-state index contributed by atoms with van der Waals surface area (Å²) in [4.78, 5) is 15.7. The van der Waals surface area contributed by atoms with Crippen molar-refractivity contribution < 1.29 is 26.0 Å². The molecule has 32 heavy (non-hydrogen) atoms. The number of nitrogens with zero attached hydrogens (tertiary/aromatic N) is 2. The topological polar surface area (TPSA) is 91.8 Å². The highest BCUT2D eigenvalue weighted by Crippen LogP contribution is 2.30. The van der Waals surface area contributed by atoms with Gasteiger partial charge in [0.05, 0.1) is 16.8 Å². The van der Waals surface area contributed by atoms with Gasteiger partial charge in [0, 0.05) is 47.6 Å². The summed E-state index contributed by atoms with van der Waals surface area (Å²) < 4.78 is 64.0. The van der Waals surface area contributed by atoms with Crippen LogP contribution in [0.15, 0.2) is 42.5 Å². The largest absolute Gasteiger partial charge is 0.337 e. The quantitative estimate of drug-likeness (QED) is 0.590. The van der Waals surface area contributed by atoms with Crippen LogP contribution in [0.5, 0.6) is 0 Å². The van der Waals surface area contributed by atoms with Crippen molar-refractivity contribution in [3.8, 4) is 10.4 Å². The molecule has 2 aromatic rings. The minimum absolute atomic E-state index is 0.0957. The first-order chi connectivity index (χ1) is 15.2. The van der Waals surface area contributed by atoms with Gasteiger partial charge < -0.3 is 4.90 Å². The third-order valence-corrected chi connectivity index (χ3v) is 11.1. The first-order valence-corrected chi connectivity index (χ1v) is 14.3. The maximum absolute atomic E-state index is 13.9. The van der Waals surface area contributed by atoms with E-state index in [-0.39, 0.29) is 55.8 Å². The molecule has 0 aliphatic carbocycles. The van der Waals surface area contributed by atoms with Crippen LogP contribution in [0.25, 0.3) is 16.5 Å². The zero-order valence-electron chi connectivity index (χ0n) is 17.2. The van der Waals surface area contributed by atoms with Crippen molar-refractivity contribution in [3.05, 3.63) is 53.2 Å². The first-order valence-electron chi connectivity index (χ1n) is 10.2. The normalized spacial score (nSPS) is 21.9. The minimum atomic E-state index is -3.70. The van der Waals surface area contributed by atoms with Crippen LogP contribution in [0.3, 0.4) is 0 Å². The third-order valence-electron chi connectivity index (χ3n) is 5.68. The number of sulfone groups is 1. The number of hydrogen-bond acceptors (Lipinski definition) is 6. The number of benzene rings is 1. The minimum Gasteiger partial charge on any atom is -0.337 e. The summed E-state index contributed by atoms with van der Waals surface area (Å²) >= 11 is 1.37. The van der Waals surface area contributed by atoms with Crippen molar-refractivity contribution in [1.29, 1.82) is 0 Å². The van der Waals surface area contributed by atoms with E-state index in [0.29, 0.717) is 5.56 Å². The molecule has 0 bridgehead atoms. The molecule has 3 heterocycles. The SMILES string of the molecule is O=C(/C=C/c1ccc(-c2ccccc2F)s1)N1CCN(S(=O)(=O)C2CCS(=O)(=O)C2)CC1. The van der Waals surface area contributed by atoms with Crippen LogP contribution in [0, 0.1) is 5.82 Å². The number of piperazine rings is 1. The Morgan fingerprint density at radius 1 is 1.09 bits per heavy atom. The van der Waals surface area contributed by atoms with Gasteiger partial charge in [0.2, 0.25) is 15.9 Å². The monoisotopic (exact) mass is 498 g/mol. The number of amides is 1. The van der Waals surface area contributed by atoms with E-state index in [1.807, 2.05) is 6.07 Å². The molecule has 1 aromatic carbocycles. The first kappa shape index (κ1) is 23.1. The second-order valence-electron chi connectivity index (χ2n) is 7.81. The molecule has 172 valence electrons. The van der Waals surface area contributed by atoms with Crippen molar-refractivity contribution in [2.75, 3.05) is 37.7 Å². The van der Waals surface area contributed by atoms with Gasteiger partial charge >= 0.3 is 0 Å². The molecular formula is C21H23FN2O5S3. The molecule has 2 fully saturated rings. The number of carbonyl (C=O) groups excluding carboxylic acids is 1. The molecule has 1 aromatic heterocycles. The predicted molar refractivity (Wildman–Crippen MR) is 123 cm³/mol. The predicted octanol–water partition coefficient (Wildman–Crippen LogP) is 2.23. The number of halogens is 1. The maximum Gasteiger partial charge on any atom is 0.246 e. The molecule has 0 N–H and O–H groups in total. The van der Waals surface area contributed by atoms with Crippen LogP contribution in [0.4, 0.5) is 4.39 Å². The van der Waals surface area contributed by atoms with Gasteiger partial charge in [-0.1, -0.05) is 18.2 Å². The van der Waals surface area contributed by atoms with E-state index < -0.39 is 25.1 Å². The molecule has 4 rings (SSSR count). The van der Waals surface area contributed by atoms with Crippen LogP contribution >= 0.6 is 11.3 Å². The average molecular weight is 499 g/mol. The molecule has 7 nitrogen and oxygen atoms in total. The molecule has 0 spiro atoms. The second kappa shape index (κ2) is 9.05. The summed E-state index contributed by atoms with van der Waals surface area (Å²) in [7, 11) is -6.99. The van der Waals surface area contributed by atoms with E-state index in [0.717, 1.165) is 9.75 Å². The van der Waals surface area contributed by atoms with E-state index in [1.165, 1.54) is 27.8 Å². The molecule has 1 amide bonds. The summed E-state index contributed by atoms with van der Waals surface area (Å²) in [5.74, 6) is -0.954. The summed E-state index contributed by atoms with van der Waals surface area (Å²) in [6.45, 7) is 0.781. The van der Waals surface area contributed by atoms with Crippen molar-refractivity contribution >= 4 is 43.2 Å². The van der Waals surface area contributed by atoms with E-state index in [2.05, 4.69) is 0 Å². The van der Waals surface area contributed by atoms with E-state index in [1.54, 1.807) is 35.2 Å². The number of carbonyl (C=O) groups is 1. The molecule has 1 atom stereocenters. The molecule has 11 heteroatoms. The van der Waals surface area contributed by atoms with Gasteiger partial charge in [0.15, 0.2) is 9.84 Å². The van der Waals surface area contributed by atoms with Crippen LogP contribution in [0.1, 0.15) is 11.3 Å². The van der Waals surface area contributed by atoms with E-state index >= 15 is 0 Å². The smallest absolute Gasteiger partial charge is 0.246 e.